The summed E-state index contributed by atoms with van der Waals surface area (Å²) in [7, 11) is 4.66. The lowest BCUT2D eigenvalue weighted by Crippen LogP contribution is -1.89. The van der Waals surface area contributed by atoms with E-state index in [9.17, 15) is 0 Å². The summed E-state index contributed by atoms with van der Waals surface area (Å²) in [5, 5.41) is 1.18. The highest BCUT2D eigenvalue weighted by atomic mass is 31.0. The predicted octanol–water partition coefficient (Wildman–Crippen LogP) is 1.07. The van der Waals surface area contributed by atoms with Crippen LogP contribution in [0, 0.1) is 0 Å². The second-order valence-corrected chi connectivity index (χ2v) is 3.27. The van der Waals surface area contributed by atoms with E-state index < -0.39 is 0 Å². The maximum absolute atomic E-state index is 4.23. The minimum absolute atomic E-state index is 1.06. The third-order valence-electron chi connectivity index (χ3n) is 1.75. The molecule has 3 heteroatoms. The zero-order valence-corrected chi connectivity index (χ0v) is 7.44. The van der Waals surface area contributed by atoms with Gasteiger partial charge in [-0.2, -0.15) is 0 Å². The Morgan fingerprint density at radius 2 is 2.27 bits per heavy atom. The Balaban J connectivity index is 2.86. The van der Waals surface area contributed by atoms with Gasteiger partial charge in [-0.1, -0.05) is 6.07 Å². The van der Waals surface area contributed by atoms with Crippen molar-refractivity contribution in [1.82, 2.24) is 9.55 Å². The highest BCUT2D eigenvalue weighted by molar-refractivity contribution is 7.27. The Kier molecular flexibility index (Phi) is 1.43. The molecule has 1 aromatic heterocycles. The van der Waals surface area contributed by atoms with E-state index in [1.165, 1.54) is 10.8 Å². The summed E-state index contributed by atoms with van der Waals surface area (Å²) in [5.41, 5.74) is 2.23. The summed E-state index contributed by atoms with van der Waals surface area (Å²) in [6, 6.07) is 6.19. The molecule has 0 aliphatic rings. The number of aromatic nitrogens is 2. The third-order valence-corrected chi connectivity index (χ3v) is 2.11. The highest BCUT2D eigenvalue weighted by Gasteiger charge is 1.97. The van der Waals surface area contributed by atoms with E-state index in [1.54, 1.807) is 0 Å². The Labute approximate surface area is 67.4 Å². The van der Waals surface area contributed by atoms with E-state index >= 15 is 0 Å². The molecule has 1 heterocycles. The molecule has 11 heavy (non-hydrogen) atoms. The molecule has 1 aromatic carbocycles. The second kappa shape index (κ2) is 2.31. The molecule has 0 saturated heterocycles. The van der Waals surface area contributed by atoms with Gasteiger partial charge >= 0.3 is 0 Å². The summed E-state index contributed by atoms with van der Waals surface area (Å²) in [4.78, 5) is 4.23. The Morgan fingerprint density at radius 3 is 3.09 bits per heavy atom. The van der Waals surface area contributed by atoms with Gasteiger partial charge in [-0.05, 0) is 17.4 Å². The van der Waals surface area contributed by atoms with E-state index in [4.69, 9.17) is 0 Å². The van der Waals surface area contributed by atoms with Gasteiger partial charge in [0.05, 0.1) is 17.4 Å². The number of imidazole rings is 1. The van der Waals surface area contributed by atoms with E-state index in [0.29, 0.717) is 0 Å². The number of rotatable bonds is 0. The van der Waals surface area contributed by atoms with E-state index in [1.807, 2.05) is 17.9 Å². The van der Waals surface area contributed by atoms with Gasteiger partial charge in [-0.25, -0.2) is 4.98 Å². The summed E-state index contributed by atoms with van der Waals surface area (Å²) >= 11 is 0. The van der Waals surface area contributed by atoms with Crippen LogP contribution in [0.4, 0.5) is 0 Å². The lowest BCUT2D eigenvalue weighted by atomic mass is 10.3. The van der Waals surface area contributed by atoms with Crippen molar-refractivity contribution in [3.05, 3.63) is 24.5 Å². The molecule has 1 atom stereocenters. The van der Waals surface area contributed by atoms with Gasteiger partial charge in [0, 0.05) is 7.05 Å². The molecule has 2 rings (SSSR count). The molecular weight excluding hydrogens is 155 g/mol. The lowest BCUT2D eigenvalue weighted by molar-refractivity contribution is 0.948. The number of aryl methyl sites for hydroxylation is 1. The fraction of sp³-hybridized carbons (Fsp3) is 0.125. The van der Waals surface area contributed by atoms with Crippen LogP contribution in [-0.2, 0) is 7.05 Å². The lowest BCUT2D eigenvalue weighted by Gasteiger charge is -1.93. The van der Waals surface area contributed by atoms with Crippen LogP contribution in [0.2, 0.25) is 0 Å². The van der Waals surface area contributed by atoms with Crippen LogP contribution in [0.3, 0.4) is 0 Å². The van der Waals surface area contributed by atoms with Crippen molar-refractivity contribution in [3.8, 4) is 0 Å². The fourth-order valence-corrected chi connectivity index (χ4v) is 1.41. The van der Waals surface area contributed by atoms with Crippen molar-refractivity contribution >= 4 is 25.6 Å². The monoisotopic (exact) mass is 164 g/mol. The number of fused-ring (bicyclic) bond motifs is 1. The summed E-state index contributed by atoms with van der Waals surface area (Å²) in [6.07, 6.45) is 1.83. The number of nitrogens with zero attached hydrogens (tertiary/aromatic N) is 2. The molecule has 2 aromatic rings. The molecule has 0 aliphatic heterocycles. The van der Waals surface area contributed by atoms with Crippen molar-refractivity contribution in [2.24, 2.45) is 7.05 Å². The van der Waals surface area contributed by atoms with Crippen molar-refractivity contribution in [2.75, 3.05) is 0 Å². The largest absolute Gasteiger partial charge is 0.334 e. The van der Waals surface area contributed by atoms with Gasteiger partial charge in [-0.3, -0.25) is 0 Å². The molecule has 0 saturated carbocycles. The maximum atomic E-state index is 4.23. The Bertz CT molecular complexity index is 392. The smallest absolute Gasteiger partial charge is 0.0955 e. The summed E-state index contributed by atoms with van der Waals surface area (Å²) in [6.45, 7) is 0. The van der Waals surface area contributed by atoms with Crippen molar-refractivity contribution in [3.63, 3.8) is 0 Å². The van der Waals surface area contributed by atoms with Gasteiger partial charge in [0.1, 0.15) is 0 Å². The first-order chi connectivity index (χ1) is 5.27. The van der Waals surface area contributed by atoms with E-state index in [2.05, 4.69) is 32.4 Å². The molecule has 2 nitrogen and oxygen atoms in total. The van der Waals surface area contributed by atoms with Crippen LogP contribution in [0.15, 0.2) is 24.5 Å². The summed E-state index contributed by atoms with van der Waals surface area (Å²) < 4.78 is 2.01. The standard InChI is InChI=1S/C8H9N2P/c1-10-5-9-7-4-6(11)2-3-8(7)10/h2-5H,11H2,1H3. The molecule has 0 fully saturated rings. The fourth-order valence-electron chi connectivity index (χ4n) is 1.15. The third kappa shape index (κ3) is 1.04. The van der Waals surface area contributed by atoms with Crippen LogP contribution < -0.4 is 5.30 Å². The Morgan fingerprint density at radius 1 is 1.45 bits per heavy atom. The average molecular weight is 164 g/mol. The van der Waals surface area contributed by atoms with Crippen LogP contribution in [0.5, 0.6) is 0 Å². The number of hydrogen-bond donors (Lipinski definition) is 0. The van der Waals surface area contributed by atoms with Gasteiger partial charge in [0.15, 0.2) is 0 Å². The molecule has 0 spiro atoms. The molecule has 1 unspecified atom stereocenters. The number of benzene rings is 1. The molecule has 0 radical (unpaired) electrons. The van der Waals surface area contributed by atoms with Crippen LogP contribution in [-0.4, -0.2) is 9.55 Å². The Hall–Kier alpha value is -0.880. The van der Waals surface area contributed by atoms with Gasteiger partial charge < -0.3 is 4.57 Å². The quantitative estimate of drug-likeness (QED) is 0.532. The zero-order valence-electron chi connectivity index (χ0n) is 6.28. The molecule has 0 amide bonds. The predicted molar refractivity (Wildman–Crippen MR) is 50.1 cm³/mol. The zero-order chi connectivity index (χ0) is 7.84. The topological polar surface area (TPSA) is 17.8 Å². The van der Waals surface area contributed by atoms with Crippen LogP contribution >= 0.6 is 9.24 Å². The maximum Gasteiger partial charge on any atom is 0.0955 e. The van der Waals surface area contributed by atoms with Crippen LogP contribution in [0.1, 0.15) is 0 Å². The molecule has 0 bridgehead atoms. The van der Waals surface area contributed by atoms with Crippen molar-refractivity contribution in [1.29, 1.82) is 0 Å². The van der Waals surface area contributed by atoms with E-state index in [-0.39, 0.29) is 0 Å². The molecule has 0 aliphatic carbocycles. The molecule has 0 N–H and O–H groups in total. The SMILES string of the molecule is Cn1cnc2cc(P)ccc21. The van der Waals surface area contributed by atoms with Gasteiger partial charge in [0.2, 0.25) is 0 Å². The second-order valence-electron chi connectivity index (χ2n) is 2.60. The highest BCUT2D eigenvalue weighted by Crippen LogP contribution is 2.09. The molecular formula is C8H9N2P. The average Bonchev–Trinajstić information content (AvgIpc) is 2.32. The molecule has 56 valence electrons. The first-order valence-electron chi connectivity index (χ1n) is 3.44. The number of hydrogen-bond acceptors (Lipinski definition) is 1. The summed E-state index contributed by atoms with van der Waals surface area (Å²) in [5.74, 6) is 0. The van der Waals surface area contributed by atoms with E-state index in [0.717, 1.165) is 5.52 Å². The van der Waals surface area contributed by atoms with Crippen molar-refractivity contribution < 1.29 is 0 Å². The minimum Gasteiger partial charge on any atom is -0.334 e. The first-order valence-corrected chi connectivity index (χ1v) is 4.01. The van der Waals surface area contributed by atoms with Gasteiger partial charge in [-0.15, -0.1) is 9.24 Å². The minimum atomic E-state index is 1.06. The van der Waals surface area contributed by atoms with Crippen LogP contribution in [0.25, 0.3) is 11.0 Å². The first kappa shape index (κ1) is 6.81. The van der Waals surface area contributed by atoms with Gasteiger partial charge in [0.25, 0.3) is 0 Å². The normalized spacial score (nSPS) is 10.7. The van der Waals surface area contributed by atoms with Crippen molar-refractivity contribution in [2.45, 2.75) is 0 Å².